The first-order valence-electron chi connectivity index (χ1n) is 9.03. The quantitative estimate of drug-likeness (QED) is 0.523. The predicted molar refractivity (Wildman–Crippen MR) is 96.6 cm³/mol. The van der Waals surface area contributed by atoms with Gasteiger partial charge in [0.1, 0.15) is 29.5 Å². The van der Waals surface area contributed by atoms with Crippen LogP contribution in [0.3, 0.4) is 0 Å². The van der Waals surface area contributed by atoms with Crippen LogP contribution in [0.5, 0.6) is 17.2 Å². The van der Waals surface area contributed by atoms with Crippen molar-refractivity contribution < 1.29 is 39.2 Å². The largest absolute Gasteiger partial charge is 0.507 e. The lowest BCUT2D eigenvalue weighted by Gasteiger charge is -2.45. The van der Waals surface area contributed by atoms with Crippen LogP contribution in [0.15, 0.2) is 18.2 Å². The summed E-state index contributed by atoms with van der Waals surface area (Å²) in [5, 5.41) is 32.4. The second kappa shape index (κ2) is 5.65. The van der Waals surface area contributed by atoms with E-state index in [1.165, 1.54) is 19.2 Å². The average Bonchev–Trinajstić information content (AvgIpc) is 2.72. The Morgan fingerprint density at radius 3 is 2.41 bits per heavy atom. The van der Waals surface area contributed by atoms with Gasteiger partial charge in [-0.25, -0.2) is 0 Å². The highest BCUT2D eigenvalue weighted by molar-refractivity contribution is 6.31. The molecule has 1 heterocycles. The number of phenolic OH excluding ortho intramolecular Hbond substituents is 2. The van der Waals surface area contributed by atoms with Crippen molar-refractivity contribution in [1.29, 1.82) is 0 Å². The summed E-state index contributed by atoms with van der Waals surface area (Å²) in [5.41, 5.74) is -2.00. The SMILES string of the molecule is COc1cccc2c1C(=O)c1c(O)c3c(c(O)c1C2=O)CC1(CC3O)OCC1=O. The second-order valence-corrected chi connectivity index (χ2v) is 7.48. The maximum Gasteiger partial charge on any atom is 0.202 e. The molecule has 3 aliphatic rings. The summed E-state index contributed by atoms with van der Waals surface area (Å²) in [7, 11) is 1.35. The first-order chi connectivity index (χ1) is 13.8. The Morgan fingerprint density at radius 1 is 1.07 bits per heavy atom. The molecule has 0 saturated carbocycles. The number of benzene rings is 2. The van der Waals surface area contributed by atoms with E-state index in [-0.39, 0.29) is 64.4 Å². The minimum atomic E-state index is -1.35. The van der Waals surface area contributed by atoms with Gasteiger partial charge in [0.25, 0.3) is 0 Å². The highest BCUT2D eigenvalue weighted by Gasteiger charge is 2.54. The van der Waals surface area contributed by atoms with Gasteiger partial charge in [-0.1, -0.05) is 12.1 Å². The Balaban J connectivity index is 1.79. The van der Waals surface area contributed by atoms with Gasteiger partial charge in [0.2, 0.25) is 5.78 Å². The van der Waals surface area contributed by atoms with Crippen molar-refractivity contribution in [1.82, 2.24) is 0 Å². The zero-order valence-corrected chi connectivity index (χ0v) is 15.3. The normalized spacial score (nSPS) is 24.6. The van der Waals surface area contributed by atoms with E-state index in [1.54, 1.807) is 6.07 Å². The lowest BCUT2D eigenvalue weighted by molar-refractivity contribution is -0.187. The molecule has 2 aliphatic carbocycles. The van der Waals surface area contributed by atoms with E-state index in [4.69, 9.17) is 9.47 Å². The first-order valence-corrected chi connectivity index (χ1v) is 9.03. The van der Waals surface area contributed by atoms with Crippen LogP contribution in [0.25, 0.3) is 0 Å². The Bertz CT molecular complexity index is 1150. The fraction of sp³-hybridized carbons (Fsp3) is 0.286. The van der Waals surface area contributed by atoms with Gasteiger partial charge in [-0.15, -0.1) is 0 Å². The fourth-order valence-corrected chi connectivity index (χ4v) is 4.59. The molecule has 1 spiro atoms. The number of hydrogen-bond acceptors (Lipinski definition) is 8. The Labute approximate surface area is 164 Å². The molecule has 29 heavy (non-hydrogen) atoms. The molecule has 3 N–H and O–H groups in total. The third-order valence-electron chi connectivity index (χ3n) is 6.07. The summed E-state index contributed by atoms with van der Waals surface area (Å²) in [6, 6.07) is 4.50. The Morgan fingerprint density at radius 2 is 1.79 bits per heavy atom. The smallest absolute Gasteiger partial charge is 0.202 e. The fourth-order valence-electron chi connectivity index (χ4n) is 4.59. The zero-order chi connectivity index (χ0) is 20.7. The highest BCUT2D eigenvalue weighted by Crippen LogP contribution is 2.52. The maximum atomic E-state index is 13.2. The molecule has 2 unspecified atom stereocenters. The van der Waals surface area contributed by atoms with E-state index in [0.29, 0.717) is 0 Å². The summed E-state index contributed by atoms with van der Waals surface area (Å²) in [6.07, 6.45) is -1.55. The molecule has 0 amide bonds. The van der Waals surface area contributed by atoms with Crippen molar-refractivity contribution in [3.63, 3.8) is 0 Å². The number of rotatable bonds is 1. The van der Waals surface area contributed by atoms with Crippen LogP contribution >= 0.6 is 0 Å². The summed E-state index contributed by atoms with van der Waals surface area (Å²) in [5.74, 6) is -2.50. The zero-order valence-electron chi connectivity index (χ0n) is 15.3. The minimum Gasteiger partial charge on any atom is -0.507 e. The van der Waals surface area contributed by atoms with Crippen LogP contribution in [0.2, 0.25) is 0 Å². The molecule has 5 rings (SSSR count). The van der Waals surface area contributed by atoms with Gasteiger partial charge >= 0.3 is 0 Å². The lowest BCUT2D eigenvalue weighted by atomic mass is 9.70. The van der Waals surface area contributed by atoms with Gasteiger partial charge in [-0.2, -0.15) is 0 Å². The third-order valence-corrected chi connectivity index (χ3v) is 6.07. The standard InChI is InChI=1S/C21H16O8/c1-28-11-4-2-3-8-14(11)20(27)16-15(17(8)24)18(25)9-5-21(12(23)7-29-21)6-10(22)13(9)19(16)26/h2-4,10,22,25-26H,5-7H2,1H3. The van der Waals surface area contributed by atoms with E-state index < -0.39 is 34.8 Å². The number of phenols is 2. The number of ketones is 3. The highest BCUT2D eigenvalue weighted by atomic mass is 16.5. The summed E-state index contributed by atoms with van der Waals surface area (Å²) >= 11 is 0. The van der Waals surface area contributed by atoms with Crippen molar-refractivity contribution >= 4 is 17.3 Å². The number of aromatic hydroxyl groups is 2. The minimum absolute atomic E-state index is 0.0126. The topological polar surface area (TPSA) is 130 Å². The van der Waals surface area contributed by atoms with E-state index in [9.17, 15) is 29.7 Å². The molecule has 2 atom stereocenters. The van der Waals surface area contributed by atoms with Gasteiger partial charge < -0.3 is 24.8 Å². The van der Waals surface area contributed by atoms with E-state index in [1.807, 2.05) is 0 Å². The predicted octanol–water partition coefficient (Wildman–Crippen LogP) is 1.20. The molecule has 0 radical (unpaired) electrons. The summed E-state index contributed by atoms with van der Waals surface area (Å²) in [4.78, 5) is 38.4. The average molecular weight is 396 g/mol. The molecule has 8 nitrogen and oxygen atoms in total. The van der Waals surface area contributed by atoms with Crippen LogP contribution in [0.1, 0.15) is 55.5 Å². The molecule has 0 bridgehead atoms. The molecule has 1 aliphatic heterocycles. The van der Waals surface area contributed by atoms with Crippen molar-refractivity contribution in [3.8, 4) is 17.2 Å². The number of hydrogen-bond donors (Lipinski definition) is 3. The monoisotopic (exact) mass is 396 g/mol. The molecule has 2 aromatic rings. The maximum absolute atomic E-state index is 13.2. The molecular weight excluding hydrogens is 380 g/mol. The summed E-state index contributed by atoms with van der Waals surface area (Å²) < 4.78 is 10.6. The number of aliphatic hydroxyl groups is 1. The molecule has 1 fully saturated rings. The number of ether oxygens (including phenoxy) is 2. The van der Waals surface area contributed by atoms with Crippen LogP contribution in [0, 0.1) is 0 Å². The molecule has 8 heteroatoms. The molecule has 0 aromatic heterocycles. The number of aliphatic hydroxyl groups excluding tert-OH is 1. The van der Waals surface area contributed by atoms with E-state index in [0.717, 1.165) is 0 Å². The third kappa shape index (κ3) is 2.07. The van der Waals surface area contributed by atoms with Crippen molar-refractivity contribution in [2.24, 2.45) is 0 Å². The van der Waals surface area contributed by atoms with E-state index >= 15 is 0 Å². The van der Waals surface area contributed by atoms with Crippen LogP contribution in [-0.4, -0.2) is 52.0 Å². The van der Waals surface area contributed by atoms with Gasteiger partial charge in [-0.05, 0) is 6.07 Å². The molecule has 148 valence electrons. The van der Waals surface area contributed by atoms with Crippen LogP contribution in [0.4, 0.5) is 0 Å². The molecule has 2 aromatic carbocycles. The number of methoxy groups -OCH3 is 1. The Kier molecular flexibility index (Phi) is 3.48. The van der Waals surface area contributed by atoms with Gasteiger partial charge in [0, 0.05) is 29.5 Å². The lowest BCUT2D eigenvalue weighted by Crippen LogP contribution is -2.58. The molecule has 1 saturated heterocycles. The number of carbonyl (C=O) groups is 3. The number of carbonyl (C=O) groups excluding carboxylic acids is 3. The number of Topliss-reactive ketones (excluding diaryl/α,β-unsaturated/α-hetero) is 1. The number of fused-ring (bicyclic) bond motifs is 3. The second-order valence-electron chi connectivity index (χ2n) is 7.48. The summed E-state index contributed by atoms with van der Waals surface area (Å²) in [6.45, 7) is -0.0929. The molecular formula is C21H16O8. The van der Waals surface area contributed by atoms with Gasteiger partial charge in [0.05, 0.1) is 29.9 Å². The van der Waals surface area contributed by atoms with Crippen molar-refractivity contribution in [2.45, 2.75) is 24.5 Å². The van der Waals surface area contributed by atoms with Crippen LogP contribution < -0.4 is 4.74 Å². The van der Waals surface area contributed by atoms with Crippen molar-refractivity contribution in [3.05, 3.63) is 51.6 Å². The van der Waals surface area contributed by atoms with Crippen LogP contribution in [-0.2, 0) is 16.0 Å². The van der Waals surface area contributed by atoms with E-state index in [2.05, 4.69) is 0 Å². The first kappa shape index (κ1) is 17.8. The van der Waals surface area contributed by atoms with Gasteiger partial charge in [-0.3, -0.25) is 14.4 Å². The van der Waals surface area contributed by atoms with Crippen molar-refractivity contribution in [2.75, 3.05) is 13.7 Å². The Hall–Kier alpha value is -3.23. The van der Waals surface area contributed by atoms with Gasteiger partial charge in [0.15, 0.2) is 11.6 Å².